The van der Waals surface area contributed by atoms with Crippen molar-refractivity contribution in [3.05, 3.63) is 18.5 Å². The fourth-order valence-electron chi connectivity index (χ4n) is 4.33. The monoisotopic (exact) mass is 391 g/mol. The number of fused-ring (bicyclic) bond motifs is 1. The van der Waals surface area contributed by atoms with Crippen molar-refractivity contribution in [3.63, 3.8) is 0 Å². The first-order valence-corrected chi connectivity index (χ1v) is 9.85. The molecule has 3 heterocycles. The minimum Gasteiger partial charge on any atom is -0.387 e. The molecule has 9 nitrogen and oxygen atoms in total. The fourth-order valence-corrected chi connectivity index (χ4v) is 4.33. The molecule has 2 N–H and O–H groups in total. The molecule has 2 saturated heterocycles. The van der Waals surface area contributed by atoms with E-state index in [9.17, 15) is 14.4 Å². The van der Waals surface area contributed by atoms with Gasteiger partial charge in [0.2, 0.25) is 17.7 Å². The second-order valence-corrected chi connectivity index (χ2v) is 7.99. The lowest BCUT2D eigenvalue weighted by Crippen LogP contribution is -2.58. The van der Waals surface area contributed by atoms with Crippen LogP contribution in [0.5, 0.6) is 0 Å². The number of carbonyl (C=O) groups excluding carboxylic acids is 3. The molecule has 154 valence electrons. The lowest BCUT2D eigenvalue weighted by atomic mass is 9.91. The zero-order valence-electron chi connectivity index (χ0n) is 16.5. The second kappa shape index (κ2) is 8.72. The first-order chi connectivity index (χ1) is 13.4. The van der Waals surface area contributed by atoms with Crippen LogP contribution in [0.15, 0.2) is 18.5 Å². The van der Waals surface area contributed by atoms with Crippen molar-refractivity contribution in [1.29, 1.82) is 0 Å². The Morgan fingerprint density at radius 1 is 1.39 bits per heavy atom. The van der Waals surface area contributed by atoms with Crippen molar-refractivity contribution < 1.29 is 19.5 Å². The predicted molar refractivity (Wildman–Crippen MR) is 101 cm³/mol. The summed E-state index contributed by atoms with van der Waals surface area (Å²) in [5.74, 6) is -0.595. The number of hydrogen-bond acceptors (Lipinski definition) is 5. The molecule has 0 spiro atoms. The van der Waals surface area contributed by atoms with Gasteiger partial charge in [0.05, 0.1) is 25.0 Å². The van der Waals surface area contributed by atoms with Crippen LogP contribution in [-0.4, -0.2) is 80.7 Å². The quantitative estimate of drug-likeness (QED) is 0.649. The molecule has 0 saturated carbocycles. The lowest BCUT2D eigenvalue weighted by molar-refractivity contribution is -0.150. The maximum Gasteiger partial charge on any atom is 0.248 e. The summed E-state index contributed by atoms with van der Waals surface area (Å²) in [7, 11) is 0. The fraction of sp³-hybridized carbons (Fsp3) is 0.684. The van der Waals surface area contributed by atoms with Gasteiger partial charge in [-0.2, -0.15) is 5.10 Å². The van der Waals surface area contributed by atoms with Crippen LogP contribution in [0.4, 0.5) is 0 Å². The molecular formula is C19H29N5O4. The molecule has 0 radical (unpaired) electrons. The Bertz CT molecular complexity index is 705. The summed E-state index contributed by atoms with van der Waals surface area (Å²) in [5.41, 5.74) is 0. The minimum absolute atomic E-state index is 0.0296. The van der Waals surface area contributed by atoms with Gasteiger partial charge < -0.3 is 20.2 Å². The summed E-state index contributed by atoms with van der Waals surface area (Å²) < 4.78 is 1.76. The first kappa shape index (κ1) is 20.3. The Hall–Kier alpha value is -2.42. The topological polar surface area (TPSA) is 108 Å². The van der Waals surface area contributed by atoms with Gasteiger partial charge in [0.1, 0.15) is 6.61 Å². The average Bonchev–Trinajstić information content (AvgIpc) is 3.28. The van der Waals surface area contributed by atoms with Gasteiger partial charge in [-0.3, -0.25) is 19.1 Å². The largest absolute Gasteiger partial charge is 0.387 e. The molecule has 0 aromatic carbocycles. The molecule has 3 amide bonds. The van der Waals surface area contributed by atoms with Crippen molar-refractivity contribution in [2.45, 2.75) is 45.3 Å². The van der Waals surface area contributed by atoms with Crippen molar-refractivity contribution in [3.8, 4) is 0 Å². The van der Waals surface area contributed by atoms with E-state index in [2.05, 4.69) is 24.3 Å². The molecule has 2 fully saturated rings. The predicted octanol–water partition coefficient (Wildman–Crippen LogP) is -0.534. The number of aromatic nitrogens is 2. The Balaban J connectivity index is 1.68. The van der Waals surface area contributed by atoms with Gasteiger partial charge in [0.15, 0.2) is 0 Å². The highest BCUT2D eigenvalue weighted by Gasteiger charge is 2.49. The maximum absolute atomic E-state index is 12.9. The van der Waals surface area contributed by atoms with Gasteiger partial charge >= 0.3 is 0 Å². The van der Waals surface area contributed by atoms with E-state index in [4.69, 9.17) is 5.11 Å². The Morgan fingerprint density at radius 2 is 2.18 bits per heavy atom. The molecule has 3 rings (SSSR count). The van der Waals surface area contributed by atoms with Crippen LogP contribution in [0, 0.1) is 11.8 Å². The van der Waals surface area contributed by atoms with E-state index in [1.165, 1.54) is 4.90 Å². The number of nitrogens with zero attached hydrogens (tertiary/aromatic N) is 4. The summed E-state index contributed by atoms with van der Waals surface area (Å²) in [5, 5.41) is 16.2. The normalized spacial score (nSPS) is 24.6. The molecule has 3 atom stereocenters. The Morgan fingerprint density at radius 3 is 2.82 bits per heavy atom. The molecular weight excluding hydrogens is 362 g/mol. The number of rotatable bonds is 7. The molecule has 2 aliphatic rings. The molecule has 1 aromatic heterocycles. The van der Waals surface area contributed by atoms with Crippen LogP contribution in [0.2, 0.25) is 0 Å². The zero-order valence-corrected chi connectivity index (χ0v) is 16.5. The molecule has 1 aromatic rings. The second-order valence-electron chi connectivity index (χ2n) is 7.99. The molecule has 0 unspecified atom stereocenters. The van der Waals surface area contributed by atoms with Gasteiger partial charge in [0.25, 0.3) is 0 Å². The summed E-state index contributed by atoms with van der Waals surface area (Å²) in [4.78, 5) is 40.7. The van der Waals surface area contributed by atoms with Crippen molar-refractivity contribution in [1.82, 2.24) is 24.9 Å². The van der Waals surface area contributed by atoms with E-state index in [1.807, 2.05) is 17.2 Å². The van der Waals surface area contributed by atoms with Gasteiger partial charge in [0, 0.05) is 31.5 Å². The summed E-state index contributed by atoms with van der Waals surface area (Å²) >= 11 is 0. The van der Waals surface area contributed by atoms with Crippen molar-refractivity contribution in [2.75, 3.05) is 26.2 Å². The number of piperazine rings is 1. The molecule has 9 heteroatoms. The number of nitrogens with one attached hydrogen (secondary N) is 1. The third kappa shape index (κ3) is 4.35. The highest BCUT2D eigenvalue weighted by Crippen LogP contribution is 2.36. The van der Waals surface area contributed by atoms with E-state index in [-0.39, 0.29) is 36.4 Å². The standard InChI is InChI=1S/C19H29N5O4/c1-13(2)8-16-15(19(28)20-5-7-23-6-3-4-21-23)9-14-10-22(18(27)12-25)11-17(26)24(14)16/h3-4,6,13-16,25H,5,7-12H2,1-2H3,(H,20,28)/t14-,15-,16-/m0/s1. The van der Waals surface area contributed by atoms with Gasteiger partial charge in [-0.1, -0.05) is 13.8 Å². The molecule has 2 aliphatic heterocycles. The lowest BCUT2D eigenvalue weighted by Gasteiger charge is -2.40. The van der Waals surface area contributed by atoms with Crippen LogP contribution in [0.25, 0.3) is 0 Å². The van der Waals surface area contributed by atoms with E-state index < -0.39 is 12.5 Å². The molecule has 0 aliphatic carbocycles. The van der Waals surface area contributed by atoms with E-state index in [0.717, 1.165) is 6.42 Å². The smallest absolute Gasteiger partial charge is 0.248 e. The summed E-state index contributed by atoms with van der Waals surface area (Å²) in [6.07, 6.45) is 4.81. The van der Waals surface area contributed by atoms with E-state index in [1.54, 1.807) is 10.9 Å². The SMILES string of the molecule is CC(C)C[C@H]1[C@@H](C(=O)NCCn2cccn2)C[C@H]2CN(C(=O)CO)CC(=O)N21. The van der Waals surface area contributed by atoms with Gasteiger partial charge in [-0.25, -0.2) is 0 Å². The Kier molecular flexibility index (Phi) is 6.33. The number of aliphatic hydroxyl groups excluding tert-OH is 1. The highest BCUT2D eigenvalue weighted by molar-refractivity contribution is 5.88. The summed E-state index contributed by atoms with van der Waals surface area (Å²) in [6, 6.07) is 1.50. The first-order valence-electron chi connectivity index (χ1n) is 9.85. The number of aliphatic hydroxyl groups is 1. The summed E-state index contributed by atoms with van der Waals surface area (Å²) in [6.45, 7) is 4.96. The average molecular weight is 391 g/mol. The van der Waals surface area contributed by atoms with Crippen LogP contribution in [0.1, 0.15) is 26.7 Å². The minimum atomic E-state index is -0.604. The van der Waals surface area contributed by atoms with E-state index in [0.29, 0.717) is 32.0 Å². The number of hydrogen-bond donors (Lipinski definition) is 2. The number of carbonyl (C=O) groups is 3. The Labute approximate surface area is 164 Å². The van der Waals surface area contributed by atoms with Crippen LogP contribution >= 0.6 is 0 Å². The van der Waals surface area contributed by atoms with Crippen LogP contribution in [0.3, 0.4) is 0 Å². The highest BCUT2D eigenvalue weighted by atomic mass is 16.3. The van der Waals surface area contributed by atoms with Crippen molar-refractivity contribution >= 4 is 17.7 Å². The van der Waals surface area contributed by atoms with E-state index >= 15 is 0 Å². The van der Waals surface area contributed by atoms with Gasteiger partial charge in [-0.15, -0.1) is 0 Å². The van der Waals surface area contributed by atoms with Gasteiger partial charge in [-0.05, 0) is 24.8 Å². The van der Waals surface area contributed by atoms with Crippen molar-refractivity contribution in [2.24, 2.45) is 11.8 Å². The zero-order chi connectivity index (χ0) is 20.3. The van der Waals surface area contributed by atoms with Crippen LogP contribution < -0.4 is 5.32 Å². The maximum atomic E-state index is 12.9. The molecule has 28 heavy (non-hydrogen) atoms. The van der Waals surface area contributed by atoms with Crippen LogP contribution in [-0.2, 0) is 20.9 Å². The molecule has 0 bridgehead atoms. The third-order valence-corrected chi connectivity index (χ3v) is 5.52. The number of amides is 3. The third-order valence-electron chi connectivity index (χ3n) is 5.52.